The highest BCUT2D eigenvalue weighted by molar-refractivity contribution is 7.92. The molecule has 0 aliphatic rings. The fraction of sp³-hybridized carbons (Fsp3) is 0.500. The van der Waals surface area contributed by atoms with Crippen LogP contribution in [-0.4, -0.2) is 70.7 Å². The summed E-state index contributed by atoms with van der Waals surface area (Å²) in [6, 6.07) is 5.49. The Kier molecular flexibility index (Phi) is 12.0. The summed E-state index contributed by atoms with van der Waals surface area (Å²) in [7, 11) is -2.33. The maximum absolute atomic E-state index is 13.5. The van der Waals surface area contributed by atoms with E-state index >= 15 is 0 Å². The number of benzene rings is 1. The molecule has 0 aliphatic heterocycles. The van der Waals surface area contributed by atoms with Crippen molar-refractivity contribution in [1.29, 1.82) is 0 Å². The van der Waals surface area contributed by atoms with Crippen LogP contribution in [0, 0.1) is 5.82 Å². The van der Waals surface area contributed by atoms with Crippen LogP contribution < -0.4 is 10.0 Å². The molecule has 1 heterocycles. The van der Waals surface area contributed by atoms with Crippen LogP contribution in [-0.2, 0) is 14.8 Å². The number of hydrogen-bond donors (Lipinski definition) is 4. The molecule has 0 fully saturated rings. The van der Waals surface area contributed by atoms with E-state index in [2.05, 4.69) is 9.97 Å². The lowest BCUT2D eigenvalue weighted by molar-refractivity contribution is -0.139. The van der Waals surface area contributed by atoms with Crippen molar-refractivity contribution in [3.8, 4) is 11.3 Å². The van der Waals surface area contributed by atoms with Gasteiger partial charge in [0.15, 0.2) is 0 Å². The van der Waals surface area contributed by atoms with Crippen LogP contribution in [0.1, 0.15) is 64.6 Å². The third-order valence-electron chi connectivity index (χ3n) is 4.82. The highest BCUT2D eigenvalue weighted by Crippen LogP contribution is 2.31. The number of sulfonamides is 1. The van der Waals surface area contributed by atoms with Crippen LogP contribution in [0.3, 0.4) is 0 Å². The largest absolute Gasteiger partial charge is 0.481 e. The Hall–Kier alpha value is -2.93. The predicted octanol–water partition coefficient (Wildman–Crippen LogP) is 3.15. The molecule has 0 aliphatic carbocycles. The Bertz CT molecular complexity index is 1210. The molecule has 5 N–H and O–H groups in total. The lowest BCUT2D eigenvalue weighted by Crippen LogP contribution is -2.27. The van der Waals surface area contributed by atoms with Crippen molar-refractivity contribution in [3.05, 3.63) is 47.4 Å². The number of carboxylic acids is 1. The first-order chi connectivity index (χ1) is 17.3. The quantitative estimate of drug-likeness (QED) is 0.345. The third-order valence-corrected chi connectivity index (χ3v) is 5.97. The summed E-state index contributed by atoms with van der Waals surface area (Å²) in [4.78, 5) is 19.6. The molecule has 1 aromatic heterocycles. The topological polar surface area (TPSA) is 167 Å². The first-order valence-corrected chi connectivity index (χ1v) is 13.8. The number of aliphatic hydroxyl groups is 2. The lowest BCUT2D eigenvalue weighted by atomic mass is 9.97. The predicted molar refractivity (Wildman–Crippen MR) is 147 cm³/mol. The highest BCUT2D eigenvalue weighted by atomic mass is 32.2. The fourth-order valence-corrected chi connectivity index (χ4v) is 3.42. The molecular weight excluding hydrogens is 515 g/mol. The number of carbonyl (C=O) groups is 1. The van der Waals surface area contributed by atoms with Crippen LogP contribution >= 0.6 is 0 Å². The zero-order valence-corrected chi connectivity index (χ0v) is 23.7. The average molecular weight is 555 g/mol. The Balaban J connectivity index is 0.00000132. The number of halogens is 1. The molecule has 0 saturated heterocycles. The number of rotatable bonds is 10. The second kappa shape index (κ2) is 13.7. The molecule has 0 saturated carbocycles. The van der Waals surface area contributed by atoms with Gasteiger partial charge in [0, 0.05) is 30.1 Å². The van der Waals surface area contributed by atoms with Gasteiger partial charge in [-0.25, -0.2) is 27.1 Å². The fourth-order valence-electron chi connectivity index (χ4n) is 3.05. The first kappa shape index (κ1) is 33.1. The maximum Gasteiger partial charge on any atom is 0.305 e. The number of aliphatic hydroxyl groups excluding tert-OH is 2. The Morgan fingerprint density at radius 1 is 1.16 bits per heavy atom. The van der Waals surface area contributed by atoms with Gasteiger partial charge in [-0.2, -0.15) is 0 Å². The van der Waals surface area contributed by atoms with Crippen molar-refractivity contribution in [2.75, 3.05) is 17.6 Å². The normalized spacial score (nSPS) is 13.7. The van der Waals surface area contributed by atoms with Gasteiger partial charge < -0.3 is 21.1 Å². The summed E-state index contributed by atoms with van der Waals surface area (Å²) >= 11 is 0. The minimum atomic E-state index is -3.65. The van der Waals surface area contributed by atoms with Gasteiger partial charge in [0.1, 0.15) is 5.82 Å². The van der Waals surface area contributed by atoms with Crippen molar-refractivity contribution in [1.82, 2.24) is 9.97 Å². The zero-order chi connectivity index (χ0) is 29.4. The standard InChI is InChI=1S/C22H28FN3O6S.C4H11N/c1-13(2)20-18(10-9-16(27)11-17(28)12-19(29)30)21(14-5-7-15(23)8-6-14)25-22(24-20)26(3)33(4,31)32;1-4(2,3)5/h5-10,13,16-17,27-28H,11-12H2,1-4H3,(H,29,30);5H2,1-3H3/t16-,17-;/m1./s1. The molecule has 2 atom stereocenters. The molecule has 0 radical (unpaired) electrons. The number of anilines is 1. The summed E-state index contributed by atoms with van der Waals surface area (Å²) < 4.78 is 38.6. The average Bonchev–Trinajstić information content (AvgIpc) is 2.74. The Morgan fingerprint density at radius 2 is 1.68 bits per heavy atom. The molecule has 12 heteroatoms. The van der Waals surface area contributed by atoms with E-state index in [1.165, 1.54) is 43.5 Å². The van der Waals surface area contributed by atoms with E-state index in [0.29, 0.717) is 22.5 Å². The molecule has 38 heavy (non-hydrogen) atoms. The second-order valence-corrected chi connectivity index (χ2v) is 12.4. The number of aliphatic carboxylic acids is 1. The van der Waals surface area contributed by atoms with Gasteiger partial charge in [-0.15, -0.1) is 0 Å². The lowest BCUT2D eigenvalue weighted by Gasteiger charge is -2.20. The number of carboxylic acid groups (broad SMARTS) is 1. The van der Waals surface area contributed by atoms with Crippen molar-refractivity contribution < 1.29 is 32.9 Å². The number of nitrogens with zero attached hydrogens (tertiary/aromatic N) is 3. The van der Waals surface area contributed by atoms with Gasteiger partial charge in [0.05, 0.1) is 36.3 Å². The van der Waals surface area contributed by atoms with Gasteiger partial charge >= 0.3 is 5.97 Å². The van der Waals surface area contributed by atoms with Crippen molar-refractivity contribution in [2.45, 2.75) is 71.1 Å². The van der Waals surface area contributed by atoms with Gasteiger partial charge in [0.2, 0.25) is 16.0 Å². The maximum atomic E-state index is 13.5. The summed E-state index contributed by atoms with van der Waals surface area (Å²) in [6.07, 6.45) is 0.860. The van der Waals surface area contributed by atoms with Gasteiger partial charge in [0.25, 0.3) is 0 Å². The molecule has 212 valence electrons. The molecule has 0 bridgehead atoms. The van der Waals surface area contributed by atoms with Crippen LogP contribution in [0.2, 0.25) is 0 Å². The monoisotopic (exact) mass is 554 g/mol. The van der Waals surface area contributed by atoms with Crippen LogP contribution in [0.5, 0.6) is 0 Å². The first-order valence-electron chi connectivity index (χ1n) is 12.0. The number of aromatic nitrogens is 2. The van der Waals surface area contributed by atoms with E-state index in [1.807, 2.05) is 34.6 Å². The minimum absolute atomic E-state index is 0. The van der Waals surface area contributed by atoms with Gasteiger partial charge in [-0.1, -0.05) is 26.0 Å². The van der Waals surface area contributed by atoms with Crippen molar-refractivity contribution in [2.24, 2.45) is 5.73 Å². The molecule has 2 rings (SSSR count). The summed E-state index contributed by atoms with van der Waals surface area (Å²) in [5.41, 5.74) is 7.16. The smallest absolute Gasteiger partial charge is 0.305 e. The number of nitrogens with two attached hydrogens (primary N) is 1. The SMILES string of the molecule is CC(C)(C)N.CC(C)c1nc(N(C)S(C)(=O)=O)nc(-c2ccc(F)cc2)c1C=C[C@@H](O)C[C@@H](O)CC(=O)O. The van der Waals surface area contributed by atoms with E-state index in [0.717, 1.165) is 10.6 Å². The Morgan fingerprint density at radius 3 is 2.13 bits per heavy atom. The summed E-state index contributed by atoms with van der Waals surface area (Å²) in [6.45, 7) is 9.60. The van der Waals surface area contributed by atoms with E-state index in [4.69, 9.17) is 10.8 Å². The third kappa shape index (κ3) is 11.6. The molecule has 0 amide bonds. The van der Waals surface area contributed by atoms with E-state index in [9.17, 15) is 27.8 Å². The molecule has 0 unspecified atom stereocenters. The van der Waals surface area contributed by atoms with E-state index in [-0.39, 0.29) is 23.8 Å². The van der Waals surface area contributed by atoms with E-state index < -0.39 is 40.4 Å². The van der Waals surface area contributed by atoms with Gasteiger partial charge in [-0.05, 0) is 51.0 Å². The zero-order valence-electron chi connectivity index (χ0n) is 22.9. The van der Waals surface area contributed by atoms with Crippen molar-refractivity contribution >= 4 is 28.0 Å². The molecule has 2 aromatic rings. The van der Waals surface area contributed by atoms with Crippen LogP contribution in [0.4, 0.5) is 10.3 Å². The van der Waals surface area contributed by atoms with Crippen LogP contribution in [0.25, 0.3) is 17.3 Å². The Labute approximate surface area is 224 Å². The summed E-state index contributed by atoms with van der Waals surface area (Å²) in [5, 5.41) is 28.8. The highest BCUT2D eigenvalue weighted by Gasteiger charge is 2.22. The molecule has 1 aromatic carbocycles. The molecular formula is C26H39FN4O6S. The van der Waals surface area contributed by atoms with Gasteiger partial charge in [-0.3, -0.25) is 4.79 Å². The number of hydrogen-bond acceptors (Lipinski definition) is 8. The van der Waals surface area contributed by atoms with E-state index in [1.54, 1.807) is 0 Å². The summed E-state index contributed by atoms with van der Waals surface area (Å²) in [5.74, 6) is -1.87. The van der Waals surface area contributed by atoms with Crippen molar-refractivity contribution in [3.63, 3.8) is 0 Å². The molecule has 0 spiro atoms. The minimum Gasteiger partial charge on any atom is -0.481 e. The molecule has 10 nitrogen and oxygen atoms in total. The van der Waals surface area contributed by atoms with Crippen LogP contribution in [0.15, 0.2) is 30.3 Å². The second-order valence-electron chi connectivity index (χ2n) is 10.3.